The number of oxazole rings is 1. The molecule has 1 heterocycles. The number of phenols is 2. The van der Waals surface area contributed by atoms with E-state index in [0.717, 1.165) is 34.4 Å². The van der Waals surface area contributed by atoms with E-state index in [9.17, 15) is 9.90 Å². The molecule has 0 aliphatic carbocycles. The minimum absolute atomic E-state index is 0.0560. The average molecular weight is 369 g/mol. The normalized spacial score (nSPS) is 10.2. The van der Waals surface area contributed by atoms with Crippen molar-refractivity contribution >= 4 is 6.29 Å². The lowest BCUT2D eigenvalue weighted by atomic mass is 10.1. The van der Waals surface area contributed by atoms with Crippen molar-refractivity contribution in [1.29, 1.82) is 0 Å². The summed E-state index contributed by atoms with van der Waals surface area (Å²) >= 11 is 0. The summed E-state index contributed by atoms with van der Waals surface area (Å²) < 4.78 is 5.60. The Hall–Kier alpha value is -3.12. The molecule has 0 fully saturated rings. The number of phenolic OH excluding ortho intramolecular Hbond substituents is 2. The summed E-state index contributed by atoms with van der Waals surface area (Å²) in [5, 5.41) is 27.4. The number of hydrogen-bond donors (Lipinski definition) is 3. The summed E-state index contributed by atoms with van der Waals surface area (Å²) in [6.07, 6.45) is 1.23. The molecular formula is C21H23NO5. The molecule has 27 heavy (non-hydrogen) atoms. The van der Waals surface area contributed by atoms with Gasteiger partial charge in [-0.15, -0.1) is 0 Å². The Kier molecular flexibility index (Phi) is 6.73. The lowest BCUT2D eigenvalue weighted by Gasteiger charge is -2.05. The zero-order chi connectivity index (χ0) is 20.0. The first-order valence-corrected chi connectivity index (χ1v) is 8.47. The van der Waals surface area contributed by atoms with E-state index in [2.05, 4.69) is 4.98 Å². The molecule has 0 aliphatic heterocycles. The van der Waals surface area contributed by atoms with Crippen LogP contribution in [0.3, 0.4) is 0 Å². The molecule has 0 aliphatic rings. The second kappa shape index (κ2) is 9.00. The first-order valence-electron chi connectivity index (χ1n) is 8.47. The number of benzene rings is 2. The number of rotatable bonds is 4. The molecule has 142 valence electrons. The third kappa shape index (κ3) is 5.18. The molecule has 0 saturated carbocycles. The first kappa shape index (κ1) is 20.2. The number of aliphatic hydroxyl groups excluding tert-OH is 1. The van der Waals surface area contributed by atoms with Crippen LogP contribution >= 0.6 is 0 Å². The summed E-state index contributed by atoms with van der Waals surface area (Å²) in [5.41, 5.74) is 3.79. The van der Waals surface area contributed by atoms with Gasteiger partial charge in [-0.05, 0) is 68.3 Å². The molecule has 0 atom stereocenters. The number of carbonyl (C=O) groups excluding carboxylic acids is 1. The highest BCUT2D eigenvalue weighted by molar-refractivity contribution is 5.74. The van der Waals surface area contributed by atoms with Crippen LogP contribution in [0.5, 0.6) is 11.5 Å². The molecule has 6 heteroatoms. The Balaban J connectivity index is 0.000000244. The fourth-order valence-corrected chi connectivity index (χ4v) is 2.52. The maximum atomic E-state index is 10.0. The van der Waals surface area contributed by atoms with Crippen molar-refractivity contribution in [2.45, 2.75) is 27.2 Å². The number of aromatic nitrogens is 1. The predicted octanol–water partition coefficient (Wildman–Crippen LogP) is 3.71. The van der Waals surface area contributed by atoms with Crippen LogP contribution < -0.4 is 0 Å². The van der Waals surface area contributed by atoms with Gasteiger partial charge < -0.3 is 19.7 Å². The molecule has 6 nitrogen and oxygen atoms in total. The fourth-order valence-electron chi connectivity index (χ4n) is 2.52. The van der Waals surface area contributed by atoms with Gasteiger partial charge in [0.2, 0.25) is 5.89 Å². The zero-order valence-corrected chi connectivity index (χ0v) is 15.6. The zero-order valence-electron chi connectivity index (χ0n) is 15.6. The van der Waals surface area contributed by atoms with E-state index < -0.39 is 0 Å². The Bertz CT molecular complexity index is 890. The van der Waals surface area contributed by atoms with Gasteiger partial charge in [0.15, 0.2) is 0 Å². The molecule has 0 radical (unpaired) electrons. The second-order valence-electron chi connectivity index (χ2n) is 6.16. The standard InChI is InChI=1S/C14H17NO3.C7H6O2/c1-8-6-11(7-9(2)13(8)17)14-15-12(4-5-16)10(3)18-14;8-5-6-1-3-7(9)4-2-6/h6-7,16-17H,4-5H2,1-3H3;1-5,9H. The highest BCUT2D eigenvalue weighted by Gasteiger charge is 2.13. The van der Waals surface area contributed by atoms with Crippen LogP contribution in [-0.2, 0) is 6.42 Å². The molecule has 3 N–H and O–H groups in total. The molecule has 3 aromatic rings. The minimum Gasteiger partial charge on any atom is -0.508 e. The van der Waals surface area contributed by atoms with Crippen molar-refractivity contribution in [2.24, 2.45) is 0 Å². The molecule has 1 aromatic heterocycles. The number of aryl methyl sites for hydroxylation is 3. The van der Waals surface area contributed by atoms with Crippen LogP contribution in [0.15, 0.2) is 40.8 Å². The van der Waals surface area contributed by atoms with Gasteiger partial charge in [-0.3, -0.25) is 4.79 Å². The van der Waals surface area contributed by atoms with Crippen LogP contribution in [0.1, 0.15) is 32.9 Å². The largest absolute Gasteiger partial charge is 0.508 e. The van der Waals surface area contributed by atoms with E-state index >= 15 is 0 Å². The SMILES string of the molecule is Cc1cc(-c2nc(CCO)c(C)o2)cc(C)c1O.O=Cc1ccc(O)cc1. The van der Waals surface area contributed by atoms with Crippen molar-refractivity contribution < 1.29 is 24.5 Å². The van der Waals surface area contributed by atoms with Gasteiger partial charge in [0.05, 0.1) is 5.69 Å². The van der Waals surface area contributed by atoms with Gasteiger partial charge >= 0.3 is 0 Å². The second-order valence-corrected chi connectivity index (χ2v) is 6.16. The minimum atomic E-state index is 0.0560. The molecule has 0 bridgehead atoms. The average Bonchev–Trinajstić information content (AvgIpc) is 3.01. The van der Waals surface area contributed by atoms with E-state index in [4.69, 9.17) is 14.6 Å². The van der Waals surface area contributed by atoms with Crippen LogP contribution in [0.25, 0.3) is 11.5 Å². The van der Waals surface area contributed by atoms with Crippen molar-refractivity contribution in [3.63, 3.8) is 0 Å². The van der Waals surface area contributed by atoms with Gasteiger partial charge in [-0.2, -0.15) is 0 Å². The summed E-state index contributed by atoms with van der Waals surface area (Å²) in [4.78, 5) is 14.4. The summed E-state index contributed by atoms with van der Waals surface area (Å²) in [5.74, 6) is 1.74. The van der Waals surface area contributed by atoms with Crippen LogP contribution in [0.2, 0.25) is 0 Å². The number of aliphatic hydroxyl groups is 1. The Morgan fingerprint density at radius 2 is 1.63 bits per heavy atom. The molecular weight excluding hydrogens is 346 g/mol. The van der Waals surface area contributed by atoms with Gasteiger partial charge in [0, 0.05) is 24.2 Å². The van der Waals surface area contributed by atoms with Crippen LogP contribution in [0.4, 0.5) is 0 Å². The lowest BCUT2D eigenvalue weighted by molar-refractivity contribution is 0.112. The Morgan fingerprint density at radius 1 is 1.04 bits per heavy atom. The van der Waals surface area contributed by atoms with Crippen molar-refractivity contribution in [2.75, 3.05) is 6.61 Å². The molecule has 2 aromatic carbocycles. The Labute approximate surface area is 157 Å². The molecule has 0 spiro atoms. The summed E-state index contributed by atoms with van der Waals surface area (Å²) in [7, 11) is 0. The highest BCUT2D eigenvalue weighted by atomic mass is 16.4. The smallest absolute Gasteiger partial charge is 0.226 e. The monoisotopic (exact) mass is 369 g/mol. The molecule has 3 rings (SSSR count). The van der Waals surface area contributed by atoms with Crippen molar-refractivity contribution in [3.05, 3.63) is 64.5 Å². The lowest BCUT2D eigenvalue weighted by Crippen LogP contribution is -1.92. The van der Waals surface area contributed by atoms with E-state index in [1.54, 1.807) is 12.1 Å². The maximum absolute atomic E-state index is 10.0. The molecule has 0 amide bonds. The summed E-state index contributed by atoms with van der Waals surface area (Å²) in [6, 6.07) is 9.75. The third-order valence-electron chi connectivity index (χ3n) is 4.01. The number of hydrogen-bond acceptors (Lipinski definition) is 6. The quantitative estimate of drug-likeness (QED) is 0.606. The van der Waals surface area contributed by atoms with Gasteiger partial charge in [-0.1, -0.05) is 0 Å². The van der Waals surface area contributed by atoms with Gasteiger partial charge in [0.1, 0.15) is 23.5 Å². The summed E-state index contributed by atoms with van der Waals surface area (Å²) in [6.45, 7) is 5.58. The van der Waals surface area contributed by atoms with Crippen LogP contribution in [-0.4, -0.2) is 33.2 Å². The number of carbonyl (C=O) groups is 1. The topological polar surface area (TPSA) is 104 Å². The third-order valence-corrected chi connectivity index (χ3v) is 4.01. The number of nitrogens with zero attached hydrogens (tertiary/aromatic N) is 1. The van der Waals surface area contributed by atoms with E-state index in [1.807, 2.05) is 32.9 Å². The van der Waals surface area contributed by atoms with E-state index in [1.165, 1.54) is 12.1 Å². The Morgan fingerprint density at radius 3 is 2.15 bits per heavy atom. The van der Waals surface area contributed by atoms with Crippen molar-refractivity contribution in [1.82, 2.24) is 4.98 Å². The fraction of sp³-hybridized carbons (Fsp3) is 0.238. The van der Waals surface area contributed by atoms with Gasteiger partial charge in [-0.25, -0.2) is 4.98 Å². The molecule has 0 unspecified atom stereocenters. The first-order chi connectivity index (χ1) is 12.8. The van der Waals surface area contributed by atoms with E-state index in [-0.39, 0.29) is 12.4 Å². The maximum Gasteiger partial charge on any atom is 0.226 e. The molecule has 0 saturated heterocycles. The highest BCUT2D eigenvalue weighted by Crippen LogP contribution is 2.29. The number of aldehydes is 1. The van der Waals surface area contributed by atoms with Gasteiger partial charge in [0.25, 0.3) is 0 Å². The van der Waals surface area contributed by atoms with Crippen LogP contribution in [0, 0.1) is 20.8 Å². The van der Waals surface area contributed by atoms with Crippen molar-refractivity contribution in [3.8, 4) is 23.0 Å². The van der Waals surface area contributed by atoms with E-state index in [0.29, 0.717) is 23.6 Å². The number of aromatic hydroxyl groups is 2. The predicted molar refractivity (Wildman–Crippen MR) is 102 cm³/mol.